The minimum Gasteiger partial charge on any atom is -0.382 e. The Hall–Kier alpha value is -1.57. The van der Waals surface area contributed by atoms with Crippen LogP contribution in [0.15, 0.2) is 0 Å². The lowest BCUT2D eigenvalue weighted by molar-refractivity contribution is 0.0975. The third-order valence-corrected chi connectivity index (χ3v) is 2.08. The number of nitrogens with two attached hydrogens (primary N) is 1. The van der Waals surface area contributed by atoms with Gasteiger partial charge in [-0.2, -0.15) is 0 Å². The summed E-state index contributed by atoms with van der Waals surface area (Å²) in [6, 6.07) is 0. The topological polar surface area (TPSA) is 83.0 Å². The molecule has 0 saturated carbocycles. The molecule has 1 amide bonds. The van der Waals surface area contributed by atoms with E-state index in [1.54, 1.807) is 0 Å². The zero-order valence-corrected chi connectivity index (χ0v) is 9.40. The van der Waals surface area contributed by atoms with Crippen LogP contribution >= 0.6 is 0 Å². The first-order chi connectivity index (χ1) is 8.07. The Labute approximate surface area is 96.7 Å². The minimum atomic E-state index is -2.83. The molecule has 0 saturated heterocycles. The third-order valence-electron chi connectivity index (χ3n) is 2.08. The first kappa shape index (κ1) is 13.5. The first-order valence-electron chi connectivity index (χ1n) is 5.17. The Morgan fingerprint density at radius 1 is 1.59 bits per heavy atom. The van der Waals surface area contributed by atoms with Crippen molar-refractivity contribution in [3.05, 3.63) is 11.4 Å². The number of aromatic nitrogens is 3. The van der Waals surface area contributed by atoms with Crippen LogP contribution in [-0.2, 0) is 11.3 Å². The van der Waals surface area contributed by atoms with E-state index in [-0.39, 0.29) is 6.54 Å². The number of rotatable bonds is 7. The maximum absolute atomic E-state index is 12.7. The Bertz CT molecular complexity index is 381. The number of amides is 1. The van der Waals surface area contributed by atoms with Crippen molar-refractivity contribution in [1.29, 1.82) is 0 Å². The molecule has 1 aromatic heterocycles. The van der Waals surface area contributed by atoms with Crippen LogP contribution < -0.4 is 5.73 Å². The average molecular weight is 248 g/mol. The lowest BCUT2D eigenvalue weighted by atomic mass is 10.3. The van der Waals surface area contributed by atoms with Crippen LogP contribution in [0, 0.1) is 0 Å². The lowest BCUT2D eigenvalue weighted by Gasteiger charge is -2.06. The Balaban J connectivity index is 2.74. The second-order valence-electron chi connectivity index (χ2n) is 3.26. The predicted molar refractivity (Wildman–Crippen MR) is 54.6 cm³/mol. The third kappa shape index (κ3) is 3.45. The second-order valence-corrected chi connectivity index (χ2v) is 3.26. The molecule has 0 aliphatic carbocycles. The zero-order chi connectivity index (χ0) is 12.8. The van der Waals surface area contributed by atoms with Crippen molar-refractivity contribution in [2.75, 3.05) is 13.2 Å². The summed E-state index contributed by atoms with van der Waals surface area (Å²) >= 11 is 0. The number of nitrogens with zero attached hydrogens (tertiary/aromatic N) is 3. The summed E-state index contributed by atoms with van der Waals surface area (Å²) in [6.07, 6.45) is -2.32. The van der Waals surface area contributed by atoms with Crippen LogP contribution in [0.2, 0.25) is 0 Å². The van der Waals surface area contributed by atoms with E-state index in [0.717, 1.165) is 4.68 Å². The van der Waals surface area contributed by atoms with Gasteiger partial charge in [-0.3, -0.25) is 4.79 Å². The molecule has 0 aliphatic heterocycles. The summed E-state index contributed by atoms with van der Waals surface area (Å²) in [4.78, 5) is 10.9. The van der Waals surface area contributed by atoms with Gasteiger partial charge in [0.1, 0.15) is 5.69 Å². The van der Waals surface area contributed by atoms with Gasteiger partial charge in [-0.05, 0) is 13.3 Å². The Kier molecular flexibility index (Phi) is 4.95. The minimum absolute atomic E-state index is 0.208. The molecule has 0 atom stereocenters. The quantitative estimate of drug-likeness (QED) is 0.721. The number of hydrogen-bond donors (Lipinski definition) is 1. The van der Waals surface area contributed by atoms with Crippen molar-refractivity contribution in [3.63, 3.8) is 0 Å². The number of alkyl halides is 2. The van der Waals surface area contributed by atoms with E-state index >= 15 is 0 Å². The smallest absolute Gasteiger partial charge is 0.282 e. The molecule has 0 aliphatic rings. The van der Waals surface area contributed by atoms with Crippen molar-refractivity contribution < 1.29 is 18.3 Å². The van der Waals surface area contributed by atoms with Crippen molar-refractivity contribution in [1.82, 2.24) is 15.0 Å². The van der Waals surface area contributed by atoms with Gasteiger partial charge in [0, 0.05) is 19.8 Å². The SMILES string of the molecule is CCOCCCn1nnc(C(N)=O)c1C(F)F. The molecule has 96 valence electrons. The summed E-state index contributed by atoms with van der Waals surface area (Å²) in [5.41, 5.74) is 3.92. The highest BCUT2D eigenvalue weighted by molar-refractivity contribution is 5.91. The maximum atomic E-state index is 12.7. The van der Waals surface area contributed by atoms with E-state index in [0.29, 0.717) is 19.6 Å². The number of primary amides is 1. The van der Waals surface area contributed by atoms with E-state index in [1.165, 1.54) is 0 Å². The van der Waals surface area contributed by atoms with Gasteiger partial charge in [-0.25, -0.2) is 13.5 Å². The van der Waals surface area contributed by atoms with Gasteiger partial charge in [-0.1, -0.05) is 5.21 Å². The fourth-order valence-corrected chi connectivity index (χ4v) is 1.34. The normalized spacial score (nSPS) is 11.1. The van der Waals surface area contributed by atoms with Crippen molar-refractivity contribution in [3.8, 4) is 0 Å². The van der Waals surface area contributed by atoms with Gasteiger partial charge in [0.25, 0.3) is 12.3 Å². The fourth-order valence-electron chi connectivity index (χ4n) is 1.34. The molecule has 0 radical (unpaired) electrons. The van der Waals surface area contributed by atoms with E-state index in [2.05, 4.69) is 10.3 Å². The summed E-state index contributed by atoms with van der Waals surface area (Å²) in [5.74, 6) is -1.00. The van der Waals surface area contributed by atoms with Crippen LogP contribution in [0.1, 0.15) is 36.0 Å². The van der Waals surface area contributed by atoms with E-state index in [4.69, 9.17) is 10.5 Å². The average Bonchev–Trinajstić information content (AvgIpc) is 2.68. The monoisotopic (exact) mass is 248 g/mol. The van der Waals surface area contributed by atoms with Gasteiger partial charge >= 0.3 is 0 Å². The highest BCUT2D eigenvalue weighted by Crippen LogP contribution is 2.21. The molecule has 1 rings (SSSR count). The van der Waals surface area contributed by atoms with Gasteiger partial charge in [0.2, 0.25) is 0 Å². The Morgan fingerprint density at radius 3 is 2.82 bits per heavy atom. The highest BCUT2D eigenvalue weighted by atomic mass is 19.3. The summed E-state index contributed by atoms with van der Waals surface area (Å²) < 4.78 is 31.5. The molecule has 2 N–H and O–H groups in total. The van der Waals surface area contributed by atoms with Gasteiger partial charge < -0.3 is 10.5 Å². The van der Waals surface area contributed by atoms with Gasteiger partial charge in [0.05, 0.1) is 0 Å². The molecule has 6 nitrogen and oxygen atoms in total. The number of halogens is 2. The molecular weight excluding hydrogens is 234 g/mol. The van der Waals surface area contributed by atoms with E-state index in [9.17, 15) is 13.6 Å². The summed E-state index contributed by atoms with van der Waals surface area (Å²) in [5, 5.41) is 6.84. The summed E-state index contributed by atoms with van der Waals surface area (Å²) in [7, 11) is 0. The van der Waals surface area contributed by atoms with Crippen LogP contribution in [0.3, 0.4) is 0 Å². The van der Waals surface area contributed by atoms with Crippen molar-refractivity contribution in [2.24, 2.45) is 5.73 Å². The van der Waals surface area contributed by atoms with Gasteiger partial charge in [-0.15, -0.1) is 5.10 Å². The predicted octanol–water partition coefficient (Wildman–Crippen LogP) is 0.741. The van der Waals surface area contributed by atoms with Crippen LogP contribution in [-0.4, -0.2) is 34.1 Å². The Morgan fingerprint density at radius 2 is 2.29 bits per heavy atom. The molecule has 8 heteroatoms. The number of carbonyl (C=O) groups is 1. The molecule has 0 fully saturated rings. The lowest BCUT2D eigenvalue weighted by Crippen LogP contribution is -2.16. The molecule has 0 spiro atoms. The molecule has 0 aromatic carbocycles. The maximum Gasteiger partial charge on any atom is 0.282 e. The highest BCUT2D eigenvalue weighted by Gasteiger charge is 2.24. The number of aryl methyl sites for hydroxylation is 1. The second kappa shape index (κ2) is 6.24. The van der Waals surface area contributed by atoms with Gasteiger partial charge in [0.15, 0.2) is 5.69 Å². The zero-order valence-electron chi connectivity index (χ0n) is 9.40. The first-order valence-corrected chi connectivity index (χ1v) is 5.17. The molecule has 1 aromatic rings. The fraction of sp³-hybridized carbons (Fsp3) is 0.667. The molecule has 0 bridgehead atoms. The molecule has 0 unspecified atom stereocenters. The van der Waals surface area contributed by atoms with E-state index in [1.807, 2.05) is 6.92 Å². The summed E-state index contributed by atoms with van der Waals surface area (Å²) in [6.45, 7) is 3.04. The number of ether oxygens (including phenoxy) is 1. The number of hydrogen-bond acceptors (Lipinski definition) is 4. The van der Waals surface area contributed by atoms with Crippen LogP contribution in [0.4, 0.5) is 8.78 Å². The standard InChI is InChI=1S/C9H14F2N4O2/c1-2-17-5-3-4-15-7(8(10)11)6(9(12)16)13-14-15/h8H,2-5H2,1H3,(H2,12,16). The molecular formula is C9H14F2N4O2. The van der Waals surface area contributed by atoms with Crippen molar-refractivity contribution >= 4 is 5.91 Å². The molecule has 1 heterocycles. The largest absolute Gasteiger partial charge is 0.382 e. The number of carbonyl (C=O) groups excluding carboxylic acids is 1. The van der Waals surface area contributed by atoms with E-state index < -0.39 is 23.7 Å². The van der Waals surface area contributed by atoms with Crippen LogP contribution in [0.5, 0.6) is 0 Å². The molecule has 17 heavy (non-hydrogen) atoms. The van der Waals surface area contributed by atoms with Crippen LogP contribution in [0.25, 0.3) is 0 Å². The van der Waals surface area contributed by atoms with Crippen molar-refractivity contribution in [2.45, 2.75) is 26.3 Å².